The summed E-state index contributed by atoms with van der Waals surface area (Å²) in [5.74, 6) is -6.65. The number of hydrogen-bond donors (Lipinski definition) is 0. The summed E-state index contributed by atoms with van der Waals surface area (Å²) < 4.78 is 21.0. The van der Waals surface area contributed by atoms with E-state index in [1.54, 1.807) is 76.3 Å². The number of carbonyl (C=O) groups excluding carboxylic acids is 4. The van der Waals surface area contributed by atoms with Gasteiger partial charge in [0.2, 0.25) is 6.10 Å². The Morgan fingerprint density at radius 2 is 0.800 bits per heavy atom. The van der Waals surface area contributed by atoms with E-state index in [9.17, 15) is 19.2 Å². The van der Waals surface area contributed by atoms with E-state index in [1.807, 2.05) is 0 Å². The molecular weight excluding hydrogens is 452 g/mol. The molecule has 0 amide bonds. The van der Waals surface area contributed by atoms with Crippen LogP contribution in [-0.2, 0) is 38.1 Å². The zero-order valence-corrected chi connectivity index (χ0v) is 20.6. The van der Waals surface area contributed by atoms with E-state index in [0.29, 0.717) is 0 Å². The molecule has 1 atom stereocenters. The zero-order chi connectivity index (χ0) is 26.5. The number of esters is 4. The van der Waals surface area contributed by atoms with Crippen molar-refractivity contribution in [2.75, 3.05) is 0 Å². The first-order valence-corrected chi connectivity index (χ1v) is 10.8. The molecule has 8 heteroatoms. The Morgan fingerprint density at radius 3 is 1.09 bits per heavy atom. The molecule has 0 saturated carbocycles. The molecule has 0 aromatic heterocycles. The first-order chi connectivity index (χ1) is 16.7. The Kier molecular flexibility index (Phi) is 16.1. The van der Waals surface area contributed by atoms with Crippen molar-refractivity contribution in [2.45, 2.75) is 46.7 Å². The number of rotatable bonds is 13. The van der Waals surface area contributed by atoms with E-state index < -0.39 is 36.0 Å². The number of allylic oxidation sites excluding steroid dienone is 12. The Bertz CT molecular complexity index is 854. The van der Waals surface area contributed by atoms with E-state index in [-0.39, 0.29) is 0 Å². The van der Waals surface area contributed by atoms with E-state index in [4.69, 9.17) is 18.9 Å². The molecule has 0 aliphatic heterocycles. The summed E-state index contributed by atoms with van der Waals surface area (Å²) in [7, 11) is 0. The lowest BCUT2D eigenvalue weighted by Gasteiger charge is -2.33. The Balaban J connectivity index is 6.35. The summed E-state index contributed by atoms with van der Waals surface area (Å²) >= 11 is 0. The lowest BCUT2D eigenvalue weighted by atomic mass is 10.3. The fourth-order valence-electron chi connectivity index (χ4n) is 2.10. The highest BCUT2D eigenvalue weighted by molar-refractivity contribution is 5.86. The highest BCUT2D eigenvalue weighted by Crippen LogP contribution is 2.25. The monoisotopic (exact) mass is 484 g/mol. The average Bonchev–Trinajstić information content (AvgIpc) is 2.79. The number of hydrogen-bond acceptors (Lipinski definition) is 8. The zero-order valence-electron chi connectivity index (χ0n) is 20.6. The summed E-state index contributed by atoms with van der Waals surface area (Å²) in [6, 6.07) is 0. The van der Waals surface area contributed by atoms with Gasteiger partial charge >= 0.3 is 29.9 Å². The molecule has 0 aromatic carbocycles. The fraction of sp³-hybridized carbons (Fsp3) is 0.259. The van der Waals surface area contributed by atoms with Crippen molar-refractivity contribution in [3.8, 4) is 0 Å². The second-order valence-electron chi connectivity index (χ2n) is 6.49. The minimum Gasteiger partial charge on any atom is -0.447 e. The lowest BCUT2D eigenvalue weighted by Crippen LogP contribution is -2.53. The van der Waals surface area contributed by atoms with Crippen LogP contribution >= 0.6 is 0 Å². The molecule has 0 fully saturated rings. The fourth-order valence-corrected chi connectivity index (χ4v) is 2.10. The van der Waals surface area contributed by atoms with Crippen LogP contribution < -0.4 is 0 Å². The molecule has 0 heterocycles. The molecule has 0 bridgehead atoms. The van der Waals surface area contributed by atoms with Gasteiger partial charge in [0.25, 0.3) is 0 Å². The van der Waals surface area contributed by atoms with Crippen LogP contribution in [0.3, 0.4) is 0 Å². The van der Waals surface area contributed by atoms with Crippen molar-refractivity contribution in [1.82, 2.24) is 0 Å². The molecule has 0 aromatic rings. The van der Waals surface area contributed by atoms with Gasteiger partial charge in [-0.05, 0) is 34.6 Å². The normalized spacial score (nSPS) is 13.9. The first kappa shape index (κ1) is 30.8. The lowest BCUT2D eigenvalue weighted by molar-refractivity contribution is -0.356. The van der Waals surface area contributed by atoms with Crippen molar-refractivity contribution < 1.29 is 38.1 Å². The molecule has 0 saturated heterocycles. The van der Waals surface area contributed by atoms with Crippen LogP contribution in [0, 0.1) is 0 Å². The maximum absolute atomic E-state index is 12.5. The van der Waals surface area contributed by atoms with Gasteiger partial charge in [-0.2, -0.15) is 0 Å². The predicted octanol–water partition coefficient (Wildman–Crippen LogP) is 4.73. The molecule has 0 rings (SSSR count). The number of ether oxygens (including phenoxy) is 4. The minimum absolute atomic E-state index is 0.860. The topological polar surface area (TPSA) is 105 Å². The van der Waals surface area contributed by atoms with Gasteiger partial charge in [-0.15, -0.1) is 0 Å². The Hall–Kier alpha value is -4.20. The van der Waals surface area contributed by atoms with Gasteiger partial charge in [0.15, 0.2) is 0 Å². The highest BCUT2D eigenvalue weighted by Gasteiger charge is 2.51. The van der Waals surface area contributed by atoms with Gasteiger partial charge in [0.05, 0.1) is 0 Å². The van der Waals surface area contributed by atoms with Gasteiger partial charge in [-0.3, -0.25) is 0 Å². The third-order valence-corrected chi connectivity index (χ3v) is 3.66. The maximum Gasteiger partial charge on any atom is 0.463 e. The highest BCUT2D eigenvalue weighted by atomic mass is 16.9. The van der Waals surface area contributed by atoms with Crippen LogP contribution in [-0.4, -0.2) is 36.0 Å². The van der Waals surface area contributed by atoms with Crippen molar-refractivity contribution in [1.29, 1.82) is 0 Å². The van der Waals surface area contributed by atoms with Crippen LogP contribution in [0.1, 0.15) is 34.6 Å². The molecule has 188 valence electrons. The maximum atomic E-state index is 12.5. The van der Waals surface area contributed by atoms with E-state index >= 15 is 0 Å². The summed E-state index contributed by atoms with van der Waals surface area (Å²) in [6.45, 7) is 8.21. The number of carbonyl (C=O) groups is 4. The second-order valence-corrected chi connectivity index (χ2v) is 6.49. The third kappa shape index (κ3) is 13.8. The molecule has 0 spiro atoms. The standard InChI is InChI=1S/C27H32O8/c1-6-10-14-18-23(28)32-22(5)27(33-24(29)19-15-11-7-2,34-25(30)20-16-12-8-3)35-26(31)21-17-13-9-4/h6-22H,1-5H3/b10-6+,11-7+,12-8+,13-9+,18-14+,19-15+,20-16+,21-17+. The van der Waals surface area contributed by atoms with Gasteiger partial charge in [-0.1, -0.05) is 72.9 Å². The summed E-state index contributed by atoms with van der Waals surface area (Å²) in [5, 5.41) is 0. The van der Waals surface area contributed by atoms with Crippen molar-refractivity contribution in [2.24, 2.45) is 0 Å². The Labute approximate surface area is 206 Å². The third-order valence-electron chi connectivity index (χ3n) is 3.66. The minimum atomic E-state index is -2.73. The molecule has 8 nitrogen and oxygen atoms in total. The van der Waals surface area contributed by atoms with Crippen molar-refractivity contribution >= 4 is 23.9 Å². The quantitative estimate of drug-likeness (QED) is 0.160. The molecule has 0 N–H and O–H groups in total. The average molecular weight is 485 g/mol. The summed E-state index contributed by atoms with van der Waals surface area (Å²) in [4.78, 5) is 49.6. The smallest absolute Gasteiger partial charge is 0.447 e. The van der Waals surface area contributed by atoms with Crippen LogP contribution in [0.15, 0.2) is 97.2 Å². The summed E-state index contributed by atoms with van der Waals surface area (Å²) in [6.07, 6.45) is 21.0. The molecule has 0 radical (unpaired) electrons. The molecule has 1 unspecified atom stereocenters. The second kappa shape index (κ2) is 18.3. The van der Waals surface area contributed by atoms with Crippen molar-refractivity contribution in [3.05, 3.63) is 97.2 Å². The Morgan fingerprint density at radius 1 is 0.514 bits per heavy atom. The van der Waals surface area contributed by atoms with E-state index in [2.05, 4.69) is 0 Å². The molecule has 0 aliphatic rings. The predicted molar refractivity (Wildman–Crippen MR) is 132 cm³/mol. The summed E-state index contributed by atoms with van der Waals surface area (Å²) in [5.41, 5.74) is 0. The van der Waals surface area contributed by atoms with Crippen LogP contribution in [0.4, 0.5) is 0 Å². The first-order valence-electron chi connectivity index (χ1n) is 10.8. The van der Waals surface area contributed by atoms with Gasteiger partial charge in [0, 0.05) is 24.3 Å². The van der Waals surface area contributed by atoms with Crippen LogP contribution in [0.2, 0.25) is 0 Å². The van der Waals surface area contributed by atoms with Gasteiger partial charge < -0.3 is 18.9 Å². The van der Waals surface area contributed by atoms with E-state index in [1.165, 1.54) is 31.2 Å². The van der Waals surface area contributed by atoms with Gasteiger partial charge in [-0.25, -0.2) is 19.2 Å². The van der Waals surface area contributed by atoms with Gasteiger partial charge in [0.1, 0.15) is 0 Å². The molecular formula is C27H32O8. The van der Waals surface area contributed by atoms with E-state index in [0.717, 1.165) is 24.3 Å². The SMILES string of the molecule is C/C=C/C=C/C(=O)OC(C)C(OC(=O)/C=C/C=C/C)(OC(=O)/C=C/C=C/C)OC(=O)/C=C/C=C/C. The molecule has 0 aliphatic carbocycles. The van der Waals surface area contributed by atoms with Crippen LogP contribution in [0.25, 0.3) is 0 Å². The largest absolute Gasteiger partial charge is 0.463 e. The molecule has 35 heavy (non-hydrogen) atoms. The van der Waals surface area contributed by atoms with Crippen molar-refractivity contribution in [3.63, 3.8) is 0 Å². The van der Waals surface area contributed by atoms with Crippen LogP contribution in [0.5, 0.6) is 0 Å².